The SMILES string of the molecule is COc1ccc2c(c1)C(c1ccc(Cl)cc1)=N[C@@H](CC(=O)NCCCN(C)C)c1nnc(C)n1-2. The minimum absolute atomic E-state index is 0.0706. The molecule has 0 bridgehead atoms. The first-order valence-electron chi connectivity index (χ1n) is 11.2. The Labute approximate surface area is 204 Å². The number of carbonyl (C=O) groups excluding carboxylic acids is 1. The number of aryl methyl sites for hydroxylation is 1. The number of carbonyl (C=O) groups is 1. The zero-order valence-electron chi connectivity index (χ0n) is 19.9. The number of hydrogen-bond acceptors (Lipinski definition) is 6. The molecule has 0 radical (unpaired) electrons. The van der Waals surface area contributed by atoms with Crippen molar-refractivity contribution in [1.82, 2.24) is 25.0 Å². The van der Waals surface area contributed by atoms with Crippen molar-refractivity contribution in [1.29, 1.82) is 0 Å². The number of amides is 1. The number of fused-ring (bicyclic) bond motifs is 3. The minimum Gasteiger partial charge on any atom is -0.497 e. The van der Waals surface area contributed by atoms with Gasteiger partial charge in [-0.2, -0.15) is 0 Å². The van der Waals surface area contributed by atoms with Crippen LogP contribution in [0.3, 0.4) is 0 Å². The molecule has 0 aliphatic carbocycles. The second-order valence-corrected chi connectivity index (χ2v) is 8.97. The van der Waals surface area contributed by atoms with E-state index in [2.05, 4.69) is 20.4 Å². The second kappa shape index (κ2) is 10.4. The lowest BCUT2D eigenvalue weighted by atomic mass is 10.00. The lowest BCUT2D eigenvalue weighted by molar-refractivity contribution is -0.121. The van der Waals surface area contributed by atoms with Gasteiger partial charge in [0.1, 0.15) is 17.6 Å². The van der Waals surface area contributed by atoms with Crippen LogP contribution >= 0.6 is 11.6 Å². The van der Waals surface area contributed by atoms with Crippen LogP contribution in [-0.4, -0.2) is 65.6 Å². The van der Waals surface area contributed by atoms with Crippen molar-refractivity contribution in [2.75, 3.05) is 34.3 Å². The molecule has 0 saturated carbocycles. The second-order valence-electron chi connectivity index (χ2n) is 8.54. The summed E-state index contributed by atoms with van der Waals surface area (Å²) >= 11 is 6.15. The Hall–Kier alpha value is -3.23. The molecule has 2 aromatic carbocycles. The van der Waals surface area contributed by atoms with E-state index >= 15 is 0 Å². The number of methoxy groups -OCH3 is 1. The van der Waals surface area contributed by atoms with Crippen LogP contribution in [0, 0.1) is 6.92 Å². The number of aromatic nitrogens is 3. The molecule has 0 spiro atoms. The van der Waals surface area contributed by atoms with E-state index in [4.69, 9.17) is 21.3 Å². The first-order valence-corrected chi connectivity index (χ1v) is 11.6. The van der Waals surface area contributed by atoms with Crippen LogP contribution in [0.1, 0.15) is 41.7 Å². The third-order valence-electron chi connectivity index (χ3n) is 5.73. The van der Waals surface area contributed by atoms with Crippen molar-refractivity contribution in [3.05, 3.63) is 70.3 Å². The molecule has 1 aromatic heterocycles. The van der Waals surface area contributed by atoms with Gasteiger partial charge in [-0.25, -0.2) is 0 Å². The van der Waals surface area contributed by atoms with E-state index in [1.54, 1.807) is 7.11 Å². The van der Waals surface area contributed by atoms with Crippen LogP contribution in [0.2, 0.25) is 5.02 Å². The maximum Gasteiger partial charge on any atom is 0.222 e. The Morgan fingerprint density at radius 2 is 1.94 bits per heavy atom. The van der Waals surface area contributed by atoms with E-state index in [1.165, 1.54) is 0 Å². The highest BCUT2D eigenvalue weighted by Crippen LogP contribution is 2.34. The van der Waals surface area contributed by atoms with Gasteiger partial charge in [0, 0.05) is 22.7 Å². The summed E-state index contributed by atoms with van der Waals surface area (Å²) in [4.78, 5) is 20.0. The molecule has 34 heavy (non-hydrogen) atoms. The Bertz CT molecular complexity index is 1200. The Morgan fingerprint density at radius 3 is 2.65 bits per heavy atom. The predicted molar refractivity (Wildman–Crippen MR) is 133 cm³/mol. The molecule has 1 amide bonds. The van der Waals surface area contributed by atoms with Crippen molar-refractivity contribution < 1.29 is 9.53 Å². The normalized spacial score (nSPS) is 14.8. The monoisotopic (exact) mass is 480 g/mol. The van der Waals surface area contributed by atoms with Crippen molar-refractivity contribution in [3.63, 3.8) is 0 Å². The van der Waals surface area contributed by atoms with Crippen LogP contribution in [0.15, 0.2) is 47.5 Å². The number of nitrogens with zero attached hydrogens (tertiary/aromatic N) is 5. The fraction of sp³-hybridized carbons (Fsp3) is 0.360. The molecular formula is C25H29ClN6O2. The Morgan fingerprint density at radius 1 is 1.18 bits per heavy atom. The average molecular weight is 481 g/mol. The Balaban J connectivity index is 1.76. The van der Waals surface area contributed by atoms with Gasteiger partial charge in [-0.05, 0) is 64.3 Å². The average Bonchev–Trinajstić information content (AvgIpc) is 3.14. The molecule has 1 aliphatic heterocycles. The highest BCUT2D eigenvalue weighted by molar-refractivity contribution is 6.30. The number of rotatable bonds is 8. The van der Waals surface area contributed by atoms with Gasteiger partial charge < -0.3 is 15.0 Å². The smallest absolute Gasteiger partial charge is 0.222 e. The summed E-state index contributed by atoms with van der Waals surface area (Å²) in [5.41, 5.74) is 3.41. The van der Waals surface area contributed by atoms with Crippen LogP contribution in [0.4, 0.5) is 0 Å². The zero-order chi connectivity index (χ0) is 24.2. The van der Waals surface area contributed by atoms with E-state index in [-0.39, 0.29) is 12.3 Å². The standard InChI is InChI=1S/C25H29ClN6O2/c1-16-29-30-25-21(15-23(33)27-12-5-13-31(2)3)28-24(17-6-8-18(26)9-7-17)20-14-19(34-4)10-11-22(20)32(16)25/h6-11,14,21H,5,12-13,15H2,1-4H3,(H,27,33)/t21-/m0/s1. The molecule has 2 heterocycles. The van der Waals surface area contributed by atoms with Gasteiger partial charge in [-0.3, -0.25) is 14.4 Å². The third kappa shape index (κ3) is 5.13. The minimum atomic E-state index is -0.501. The number of halogens is 1. The molecule has 0 saturated heterocycles. The van der Waals surface area contributed by atoms with Gasteiger partial charge in [-0.1, -0.05) is 23.7 Å². The fourth-order valence-corrected chi connectivity index (χ4v) is 4.17. The number of aliphatic imine (C=N–C) groups is 1. The number of benzene rings is 2. The summed E-state index contributed by atoms with van der Waals surface area (Å²) in [7, 11) is 5.67. The molecule has 4 rings (SSSR count). The first kappa shape index (κ1) is 23.9. The molecule has 9 heteroatoms. The maximum absolute atomic E-state index is 12.9. The quantitative estimate of drug-likeness (QED) is 0.498. The first-order chi connectivity index (χ1) is 16.4. The highest BCUT2D eigenvalue weighted by Gasteiger charge is 2.30. The van der Waals surface area contributed by atoms with E-state index in [1.807, 2.05) is 68.1 Å². The van der Waals surface area contributed by atoms with Crippen LogP contribution in [0.5, 0.6) is 5.75 Å². The van der Waals surface area contributed by atoms with E-state index in [9.17, 15) is 4.79 Å². The highest BCUT2D eigenvalue weighted by atomic mass is 35.5. The largest absolute Gasteiger partial charge is 0.497 e. The fourth-order valence-electron chi connectivity index (χ4n) is 4.05. The summed E-state index contributed by atoms with van der Waals surface area (Å²) in [5.74, 6) is 2.00. The molecule has 1 aliphatic rings. The molecule has 3 aromatic rings. The maximum atomic E-state index is 12.9. The third-order valence-corrected chi connectivity index (χ3v) is 5.99. The van der Waals surface area contributed by atoms with Gasteiger partial charge >= 0.3 is 0 Å². The van der Waals surface area contributed by atoms with Crippen molar-refractivity contribution >= 4 is 23.2 Å². The molecule has 1 N–H and O–H groups in total. The van der Waals surface area contributed by atoms with Gasteiger partial charge in [0.15, 0.2) is 5.82 Å². The Kier molecular flexibility index (Phi) is 7.29. The van der Waals surface area contributed by atoms with Gasteiger partial charge in [-0.15, -0.1) is 10.2 Å². The van der Waals surface area contributed by atoms with Crippen molar-refractivity contribution in [2.24, 2.45) is 4.99 Å². The van der Waals surface area contributed by atoms with Crippen LogP contribution in [-0.2, 0) is 4.79 Å². The molecule has 0 unspecified atom stereocenters. The van der Waals surface area contributed by atoms with E-state index < -0.39 is 6.04 Å². The van der Waals surface area contributed by atoms with Gasteiger partial charge in [0.05, 0.1) is 24.9 Å². The van der Waals surface area contributed by atoms with Crippen LogP contribution in [0.25, 0.3) is 5.69 Å². The van der Waals surface area contributed by atoms with Crippen molar-refractivity contribution in [3.8, 4) is 11.4 Å². The molecule has 178 valence electrons. The summed E-state index contributed by atoms with van der Waals surface area (Å²) in [6.45, 7) is 3.42. The lowest BCUT2D eigenvalue weighted by Crippen LogP contribution is -2.28. The lowest BCUT2D eigenvalue weighted by Gasteiger charge is -2.14. The molecule has 1 atom stereocenters. The van der Waals surface area contributed by atoms with E-state index in [0.717, 1.165) is 41.3 Å². The molecular weight excluding hydrogens is 452 g/mol. The van der Waals surface area contributed by atoms with Crippen molar-refractivity contribution in [2.45, 2.75) is 25.8 Å². The van der Waals surface area contributed by atoms with Gasteiger partial charge in [0.25, 0.3) is 0 Å². The van der Waals surface area contributed by atoms with E-state index in [0.29, 0.717) is 23.1 Å². The summed E-state index contributed by atoms with van der Waals surface area (Å²) in [6, 6.07) is 12.9. The van der Waals surface area contributed by atoms with Crippen LogP contribution < -0.4 is 10.1 Å². The van der Waals surface area contributed by atoms with Gasteiger partial charge in [0.2, 0.25) is 5.91 Å². The summed E-state index contributed by atoms with van der Waals surface area (Å²) in [6.07, 6.45) is 1.05. The predicted octanol–water partition coefficient (Wildman–Crippen LogP) is 3.59. The number of hydrogen-bond donors (Lipinski definition) is 1. The topological polar surface area (TPSA) is 84.6 Å². The number of nitrogens with one attached hydrogen (secondary N) is 1. The summed E-state index contributed by atoms with van der Waals surface area (Å²) in [5, 5.41) is 12.4. The molecule has 0 fully saturated rings. The zero-order valence-corrected chi connectivity index (χ0v) is 20.6. The molecule has 8 nitrogen and oxygen atoms in total. The number of ether oxygens (including phenoxy) is 1. The summed E-state index contributed by atoms with van der Waals surface area (Å²) < 4.78 is 7.48.